The van der Waals surface area contributed by atoms with Crippen LogP contribution in [-0.4, -0.2) is 17.1 Å². The van der Waals surface area contributed by atoms with Gasteiger partial charge in [-0.15, -0.1) is 23.3 Å². The Labute approximate surface area is 82.5 Å². The largest absolute Gasteiger partial charge is 0.506 e. The van der Waals surface area contributed by atoms with E-state index < -0.39 is 6.30 Å². The Balaban J connectivity index is 2.14. The van der Waals surface area contributed by atoms with Gasteiger partial charge in [0, 0.05) is 5.56 Å². The van der Waals surface area contributed by atoms with Crippen LogP contribution in [0.4, 0.5) is 18.9 Å². The van der Waals surface area contributed by atoms with Crippen molar-refractivity contribution in [2.45, 2.75) is 6.30 Å². The minimum Gasteiger partial charge on any atom is -0.204 e. The second-order valence-electron chi connectivity index (χ2n) is 2.86. The highest BCUT2D eigenvalue weighted by atomic mass is 19.4. The van der Waals surface area contributed by atoms with Crippen molar-refractivity contribution in [3.63, 3.8) is 0 Å². The van der Waals surface area contributed by atoms with Gasteiger partial charge in [0.1, 0.15) is 0 Å². The highest BCUT2D eigenvalue weighted by molar-refractivity contribution is 6.05. The van der Waals surface area contributed by atoms with E-state index in [1.807, 2.05) is 0 Å². The van der Waals surface area contributed by atoms with Gasteiger partial charge in [-0.1, -0.05) is 0 Å². The van der Waals surface area contributed by atoms with Gasteiger partial charge in [-0.05, 0) is 24.3 Å². The van der Waals surface area contributed by atoms with Crippen LogP contribution in [0.15, 0.2) is 34.5 Å². The van der Waals surface area contributed by atoms with Gasteiger partial charge in [0.25, 0.3) is 0 Å². The zero-order chi connectivity index (χ0) is 11.1. The van der Waals surface area contributed by atoms with Crippen LogP contribution in [0.5, 0.6) is 0 Å². The Bertz CT molecular complexity index is 421. The van der Waals surface area contributed by atoms with E-state index in [9.17, 15) is 13.2 Å². The molecule has 0 spiro atoms. The standard InChI is InChI=1S/C8H5F3N4/c9-8(10,11)15-7(14-15)5-1-3-6(13-12)4-2-5/h1-4,12H. The van der Waals surface area contributed by atoms with Crippen molar-refractivity contribution in [2.24, 2.45) is 10.2 Å². The summed E-state index contributed by atoms with van der Waals surface area (Å²) in [6.45, 7) is 0. The molecule has 78 valence electrons. The number of hydrogen-bond acceptors (Lipinski definition) is 4. The molecule has 1 N–H and O–H groups in total. The van der Waals surface area contributed by atoms with Gasteiger partial charge >= 0.3 is 6.30 Å². The Kier molecular flexibility index (Phi) is 1.95. The maximum atomic E-state index is 12.1. The molecule has 0 amide bonds. The summed E-state index contributed by atoms with van der Waals surface area (Å²) in [6.07, 6.45) is -4.45. The zero-order valence-electron chi connectivity index (χ0n) is 7.28. The second kappa shape index (κ2) is 3.04. The number of amidine groups is 1. The Hall–Kier alpha value is -1.92. The molecule has 1 aliphatic heterocycles. The van der Waals surface area contributed by atoms with Crippen LogP contribution in [0.2, 0.25) is 0 Å². The normalized spacial score (nSPS) is 14.9. The summed E-state index contributed by atoms with van der Waals surface area (Å²) in [5.74, 6) is -0.112. The molecule has 0 aliphatic carbocycles. The average Bonchev–Trinajstić information content (AvgIpc) is 2.97. The summed E-state index contributed by atoms with van der Waals surface area (Å²) in [6, 6.07) is 5.80. The van der Waals surface area contributed by atoms with E-state index >= 15 is 0 Å². The molecule has 1 aromatic rings. The Morgan fingerprint density at radius 3 is 2.20 bits per heavy atom. The monoisotopic (exact) mass is 214 g/mol. The van der Waals surface area contributed by atoms with Crippen LogP contribution in [0.3, 0.4) is 0 Å². The lowest BCUT2D eigenvalue weighted by atomic mass is 10.2. The van der Waals surface area contributed by atoms with Crippen molar-refractivity contribution in [1.82, 2.24) is 5.01 Å². The van der Waals surface area contributed by atoms with E-state index in [1.165, 1.54) is 24.3 Å². The average molecular weight is 214 g/mol. The first-order valence-electron chi connectivity index (χ1n) is 3.96. The van der Waals surface area contributed by atoms with Crippen molar-refractivity contribution in [1.29, 1.82) is 5.53 Å². The third kappa shape index (κ3) is 1.80. The van der Waals surface area contributed by atoms with Gasteiger partial charge in [-0.3, -0.25) is 0 Å². The molecular formula is C8H5F3N4. The molecule has 0 atom stereocenters. The molecule has 0 fully saturated rings. The molecule has 0 saturated carbocycles. The predicted octanol–water partition coefficient (Wildman–Crippen LogP) is 2.85. The molecule has 1 heterocycles. The minimum atomic E-state index is -4.45. The van der Waals surface area contributed by atoms with Crippen molar-refractivity contribution in [2.75, 3.05) is 0 Å². The summed E-state index contributed by atoms with van der Waals surface area (Å²) in [5.41, 5.74) is 7.43. The first kappa shape index (κ1) is 9.63. The van der Waals surface area contributed by atoms with Crippen LogP contribution in [0, 0.1) is 5.53 Å². The third-order valence-corrected chi connectivity index (χ3v) is 1.85. The summed E-state index contributed by atoms with van der Waals surface area (Å²) >= 11 is 0. The lowest BCUT2D eigenvalue weighted by molar-refractivity contribution is -0.201. The van der Waals surface area contributed by atoms with E-state index in [4.69, 9.17) is 5.53 Å². The number of nitrogens with one attached hydrogen (secondary N) is 1. The first-order valence-corrected chi connectivity index (χ1v) is 3.96. The molecule has 15 heavy (non-hydrogen) atoms. The Morgan fingerprint density at radius 1 is 1.20 bits per heavy atom. The molecule has 4 nitrogen and oxygen atoms in total. The van der Waals surface area contributed by atoms with Crippen LogP contribution < -0.4 is 0 Å². The lowest BCUT2D eigenvalue weighted by Gasteiger charge is -2.05. The molecular weight excluding hydrogens is 209 g/mol. The SMILES string of the molecule is N=Nc1ccc(C2=NN2C(F)(F)F)cc1. The summed E-state index contributed by atoms with van der Waals surface area (Å²) in [4.78, 5) is 0. The maximum absolute atomic E-state index is 12.1. The van der Waals surface area contributed by atoms with Gasteiger partial charge in [0.05, 0.1) is 5.69 Å². The van der Waals surface area contributed by atoms with E-state index in [0.29, 0.717) is 11.3 Å². The number of hydrazone groups is 1. The highest BCUT2D eigenvalue weighted by Crippen LogP contribution is 2.32. The molecule has 0 unspecified atom stereocenters. The van der Waals surface area contributed by atoms with Crippen molar-refractivity contribution >= 4 is 11.5 Å². The minimum absolute atomic E-state index is 0.000154. The molecule has 0 saturated heterocycles. The van der Waals surface area contributed by atoms with Gasteiger partial charge in [-0.25, -0.2) is 5.53 Å². The van der Waals surface area contributed by atoms with E-state index in [0.717, 1.165) is 0 Å². The van der Waals surface area contributed by atoms with Gasteiger partial charge in [-0.2, -0.15) is 5.11 Å². The molecule has 1 aromatic carbocycles. The smallest absolute Gasteiger partial charge is 0.204 e. The summed E-state index contributed by atoms with van der Waals surface area (Å²) in [7, 11) is 0. The number of nitrogens with zero attached hydrogens (tertiary/aromatic N) is 3. The molecule has 1 aliphatic rings. The third-order valence-electron chi connectivity index (χ3n) is 1.85. The van der Waals surface area contributed by atoms with Crippen molar-refractivity contribution < 1.29 is 13.2 Å². The fourth-order valence-electron chi connectivity index (χ4n) is 1.11. The van der Waals surface area contributed by atoms with Crippen LogP contribution in [-0.2, 0) is 0 Å². The zero-order valence-corrected chi connectivity index (χ0v) is 7.28. The fraction of sp³-hybridized carbons (Fsp3) is 0.125. The Morgan fingerprint density at radius 2 is 1.80 bits per heavy atom. The van der Waals surface area contributed by atoms with Crippen LogP contribution in [0.1, 0.15) is 5.56 Å². The molecule has 2 rings (SSSR count). The quantitative estimate of drug-likeness (QED) is 0.597. The summed E-state index contributed by atoms with van der Waals surface area (Å²) < 4.78 is 36.3. The van der Waals surface area contributed by atoms with Crippen LogP contribution >= 0.6 is 0 Å². The van der Waals surface area contributed by atoms with Crippen molar-refractivity contribution in [3.8, 4) is 0 Å². The second-order valence-corrected chi connectivity index (χ2v) is 2.86. The van der Waals surface area contributed by atoms with Gasteiger partial charge < -0.3 is 0 Å². The van der Waals surface area contributed by atoms with E-state index in [2.05, 4.69) is 10.2 Å². The highest BCUT2D eigenvalue weighted by Gasteiger charge is 2.48. The van der Waals surface area contributed by atoms with Gasteiger partial charge in [0.2, 0.25) is 0 Å². The molecule has 0 radical (unpaired) electrons. The van der Waals surface area contributed by atoms with Crippen molar-refractivity contribution in [3.05, 3.63) is 29.8 Å². The summed E-state index contributed by atoms with van der Waals surface area (Å²) in [5, 5.41) is 6.33. The van der Waals surface area contributed by atoms with E-state index in [1.54, 1.807) is 0 Å². The number of benzene rings is 1. The number of hydrogen-bond donors (Lipinski definition) is 1. The molecule has 0 bridgehead atoms. The predicted molar refractivity (Wildman–Crippen MR) is 45.7 cm³/mol. The molecule has 7 heteroatoms. The van der Waals surface area contributed by atoms with E-state index in [-0.39, 0.29) is 10.8 Å². The maximum Gasteiger partial charge on any atom is 0.506 e. The number of rotatable bonds is 2. The van der Waals surface area contributed by atoms with Crippen LogP contribution in [0.25, 0.3) is 0 Å². The fourth-order valence-corrected chi connectivity index (χ4v) is 1.11. The first-order chi connectivity index (χ1) is 7.02. The molecule has 0 aromatic heterocycles. The number of halogens is 3. The number of alkyl halides is 3. The topological polar surface area (TPSA) is 51.6 Å². The van der Waals surface area contributed by atoms with Gasteiger partial charge in [0.15, 0.2) is 5.84 Å². The lowest BCUT2D eigenvalue weighted by Crippen LogP contribution is -2.25.